The fourth-order valence-electron chi connectivity index (χ4n) is 5.38. The van der Waals surface area contributed by atoms with Crippen LogP contribution in [-0.4, -0.2) is 163 Å². The summed E-state index contributed by atoms with van der Waals surface area (Å²) in [5.41, 5.74) is 11.9. The maximum Gasteiger partial charge on any atom is 0.365 e. The van der Waals surface area contributed by atoms with E-state index in [0.29, 0.717) is 0 Å². The molecule has 0 bridgehead atoms. The number of anilines is 2. The van der Waals surface area contributed by atoms with Crippen molar-refractivity contribution in [2.75, 3.05) is 24.7 Å². The third kappa shape index (κ3) is 9.00. The number of nitrogens with two attached hydrogens (primary N) is 2. The highest BCUT2D eigenvalue weighted by atomic mass is 35.5. The van der Waals surface area contributed by atoms with Crippen molar-refractivity contribution in [2.45, 2.75) is 60.8 Å². The number of imidazole rings is 2. The van der Waals surface area contributed by atoms with Crippen LogP contribution in [0.1, 0.15) is 12.5 Å². The monoisotopic (exact) mass is 878 g/mol. The van der Waals surface area contributed by atoms with Crippen LogP contribution in [0.25, 0.3) is 22.3 Å². The van der Waals surface area contributed by atoms with E-state index in [1.165, 1.54) is 21.8 Å². The molecular weight excluding hydrogens is 849 g/mol. The van der Waals surface area contributed by atoms with E-state index >= 15 is 0 Å². The lowest BCUT2D eigenvalue weighted by molar-refractivity contribution is -0.150. The van der Waals surface area contributed by atoms with Crippen LogP contribution in [-0.2, 0) is 37.7 Å². The number of aliphatic hydroxyl groups is 4. The molecule has 0 amide bonds. The summed E-state index contributed by atoms with van der Waals surface area (Å²) in [5, 5.41) is 58.2. The van der Waals surface area contributed by atoms with Crippen molar-refractivity contribution in [3.8, 4) is 0 Å². The summed E-state index contributed by atoms with van der Waals surface area (Å²) in [6.45, 7) is -1.44. The van der Waals surface area contributed by atoms with Crippen LogP contribution < -0.4 is 11.5 Å². The van der Waals surface area contributed by atoms with Crippen molar-refractivity contribution >= 4 is 84.3 Å². The van der Waals surface area contributed by atoms with Crippen LogP contribution in [0.2, 0.25) is 10.6 Å². The Bertz CT molecular complexity index is 2050. The zero-order valence-electron chi connectivity index (χ0n) is 27.5. The van der Waals surface area contributed by atoms with E-state index in [2.05, 4.69) is 29.9 Å². The molecule has 0 radical (unpaired) electrons. The van der Waals surface area contributed by atoms with Crippen LogP contribution in [0, 0.1) is 0 Å². The van der Waals surface area contributed by atoms with Gasteiger partial charge in [0.1, 0.15) is 47.7 Å². The van der Waals surface area contributed by atoms with Crippen molar-refractivity contribution in [3.63, 3.8) is 0 Å². The molecule has 2 saturated heterocycles. The second-order valence-corrected chi connectivity index (χ2v) is 15.7. The first-order chi connectivity index (χ1) is 26.0. The molecule has 308 valence electrons. The predicted octanol–water partition coefficient (Wildman–Crippen LogP) is -3.43. The van der Waals surface area contributed by atoms with Crippen molar-refractivity contribution in [1.82, 2.24) is 39.0 Å². The van der Waals surface area contributed by atoms with Crippen LogP contribution in [0.4, 0.5) is 11.6 Å². The maximum absolute atomic E-state index is 11.2. The number of hydrogen-bond donors (Lipinski definition) is 12. The fourth-order valence-corrected chi connectivity index (χ4v) is 6.86. The number of aliphatic carboxylic acids is 2. The van der Waals surface area contributed by atoms with E-state index in [-0.39, 0.29) is 44.5 Å². The number of nitrogens with zero attached hydrogens (tertiary/aromatic N) is 8. The number of aromatic nitrogens is 8. The van der Waals surface area contributed by atoms with Crippen LogP contribution in [0.15, 0.2) is 12.7 Å². The number of carboxylic acids is 2. The fraction of sp³-hybridized carbons (Fsp3) is 0.500. The zero-order chi connectivity index (χ0) is 41.6. The maximum atomic E-state index is 11.2. The van der Waals surface area contributed by atoms with Gasteiger partial charge in [-0.25, -0.2) is 19.6 Å². The van der Waals surface area contributed by atoms with Gasteiger partial charge in [0.25, 0.3) is 11.7 Å². The van der Waals surface area contributed by atoms with Gasteiger partial charge in [-0.05, 0) is 23.2 Å². The molecule has 0 aromatic carbocycles. The number of carboxylic acid groups (broad SMARTS) is 2. The van der Waals surface area contributed by atoms with E-state index in [9.17, 15) is 39.1 Å². The van der Waals surface area contributed by atoms with E-state index in [4.69, 9.17) is 83.4 Å². The Kier molecular flexibility index (Phi) is 12.8. The first kappa shape index (κ1) is 43.3. The Hall–Kier alpha value is -3.80. The molecule has 6 heterocycles. The third-order valence-electron chi connectivity index (χ3n) is 7.94. The Morgan fingerprint density at radius 1 is 0.696 bits per heavy atom. The Morgan fingerprint density at radius 3 is 1.34 bits per heavy atom. The molecule has 28 nitrogen and oxygen atoms in total. The number of aliphatic hydroxyl groups excluding tert-OH is 4. The van der Waals surface area contributed by atoms with Crippen molar-refractivity contribution in [3.05, 3.63) is 23.2 Å². The first-order valence-corrected chi connectivity index (χ1v) is 19.3. The van der Waals surface area contributed by atoms with Gasteiger partial charge < -0.3 is 80.6 Å². The molecule has 2 aliphatic rings. The molecule has 14 N–H and O–H groups in total. The zero-order valence-corrected chi connectivity index (χ0v) is 30.8. The van der Waals surface area contributed by atoms with Gasteiger partial charge in [-0.15, -0.1) is 0 Å². The van der Waals surface area contributed by atoms with Gasteiger partial charge in [0, 0.05) is 0 Å². The lowest BCUT2D eigenvalue weighted by Gasteiger charge is -2.19. The molecule has 0 saturated carbocycles. The number of rotatable bonds is 12. The summed E-state index contributed by atoms with van der Waals surface area (Å²) in [4.78, 5) is 81.3. The molecule has 2 aliphatic heterocycles. The number of fused-ring (bicyclic) bond motifs is 2. The quantitative estimate of drug-likeness (QED) is 0.0487. The molecule has 2 fully saturated rings. The molecule has 32 heteroatoms. The first-order valence-electron chi connectivity index (χ1n) is 15.1. The molecule has 4 aromatic rings. The second kappa shape index (κ2) is 16.6. The summed E-state index contributed by atoms with van der Waals surface area (Å²) in [5.74, 6) is -8.71. The molecule has 0 aliphatic carbocycles. The van der Waals surface area contributed by atoms with Gasteiger partial charge in [-0.2, -0.15) is 19.9 Å². The van der Waals surface area contributed by atoms with Gasteiger partial charge >= 0.3 is 27.1 Å². The minimum Gasteiger partial charge on any atom is -0.479 e. The van der Waals surface area contributed by atoms with E-state index in [0.717, 1.165) is 0 Å². The SMILES string of the molecule is Nc1nc(Cl)nc2c1ncn2[C@@H]1O[C@H](COC(C(=O)O)P(=O)(O)O)[C@@H](O)[C@H]1O.Nc1nc(Cl)nc2c1ncn2[C@@H]1O[C@H](COC(C(=O)O)P(=O)(O)O)[C@@H](O)[C@H]1O. The molecule has 10 atom stereocenters. The highest BCUT2D eigenvalue weighted by Gasteiger charge is 2.48. The topological polar surface area (TPSA) is 447 Å². The van der Waals surface area contributed by atoms with E-state index in [1.807, 2.05) is 0 Å². The summed E-state index contributed by atoms with van der Waals surface area (Å²) in [6.07, 6.45) is -8.85. The van der Waals surface area contributed by atoms with Crippen molar-refractivity contribution in [2.24, 2.45) is 0 Å². The molecule has 56 heavy (non-hydrogen) atoms. The van der Waals surface area contributed by atoms with Crippen LogP contribution >= 0.6 is 38.4 Å². The minimum absolute atomic E-state index is 0.0207. The largest absolute Gasteiger partial charge is 0.479 e. The summed E-state index contributed by atoms with van der Waals surface area (Å²) in [6, 6.07) is 0. The molecular formula is C24H30Cl2N10O18P2. The van der Waals surface area contributed by atoms with E-state index < -0.39 is 101 Å². The number of nitrogen functional groups attached to an aromatic ring is 2. The summed E-state index contributed by atoms with van der Waals surface area (Å²) >= 11 is 11.5. The average molecular weight is 879 g/mol. The van der Waals surface area contributed by atoms with Crippen LogP contribution in [0.3, 0.4) is 0 Å². The molecule has 2 unspecified atom stereocenters. The lowest BCUT2D eigenvalue weighted by Crippen LogP contribution is -2.36. The number of carbonyl (C=O) groups is 2. The average Bonchev–Trinajstić information content (AvgIpc) is 3.82. The Labute approximate surface area is 319 Å². The van der Waals surface area contributed by atoms with Crippen molar-refractivity contribution < 1.29 is 87.9 Å². The van der Waals surface area contributed by atoms with Gasteiger partial charge in [0.05, 0.1) is 25.9 Å². The number of halogens is 2. The molecule has 0 spiro atoms. The van der Waals surface area contributed by atoms with Gasteiger partial charge in [0.15, 0.2) is 35.4 Å². The van der Waals surface area contributed by atoms with Crippen molar-refractivity contribution in [1.29, 1.82) is 0 Å². The van der Waals surface area contributed by atoms with Gasteiger partial charge in [-0.1, -0.05) is 0 Å². The number of hydrogen-bond acceptors (Lipinski definition) is 20. The normalized spacial score (nSPS) is 26.6. The lowest BCUT2D eigenvalue weighted by atomic mass is 10.1. The smallest absolute Gasteiger partial charge is 0.365 e. The highest BCUT2D eigenvalue weighted by molar-refractivity contribution is 7.53. The minimum atomic E-state index is -5.11. The van der Waals surface area contributed by atoms with Gasteiger partial charge in [0.2, 0.25) is 10.6 Å². The number of ether oxygens (including phenoxy) is 4. The van der Waals surface area contributed by atoms with Gasteiger partial charge in [-0.3, -0.25) is 18.3 Å². The van der Waals surface area contributed by atoms with E-state index in [1.54, 1.807) is 0 Å². The predicted molar refractivity (Wildman–Crippen MR) is 180 cm³/mol. The Morgan fingerprint density at radius 2 is 1.04 bits per heavy atom. The Balaban J connectivity index is 0.000000214. The molecule has 6 rings (SSSR count). The summed E-state index contributed by atoms with van der Waals surface area (Å²) in [7, 11) is -10.2. The standard InChI is InChI=1S/2C12H15ClN5O9P/c2*13-12-16-7(14)4-8(17-12)18(2-15-4)9-6(20)5(19)3(27-9)1-26-11(10(21)22)28(23,24)25/h2*2-3,5-6,9,11,19-20H,1H2,(H,21,22)(H2,14,16,17)(H2,23,24,25)/t2*3-,5-,6-,9-,11?/m11/s1. The third-order valence-corrected chi connectivity index (χ3v) is 10.2. The molecule has 4 aromatic heterocycles. The highest BCUT2D eigenvalue weighted by Crippen LogP contribution is 2.44. The second-order valence-electron chi connectivity index (χ2n) is 11.7. The van der Waals surface area contributed by atoms with Crippen LogP contribution in [0.5, 0.6) is 0 Å². The summed E-state index contributed by atoms with van der Waals surface area (Å²) < 4.78 is 45.2.